The van der Waals surface area contributed by atoms with Crippen molar-refractivity contribution in [2.75, 3.05) is 6.54 Å². The Labute approximate surface area is 146 Å². The van der Waals surface area contributed by atoms with Crippen LogP contribution in [0.3, 0.4) is 0 Å². The van der Waals surface area contributed by atoms with Crippen molar-refractivity contribution in [3.05, 3.63) is 71.7 Å². The molecule has 2 aromatic heterocycles. The number of carbonyl (C=O) groups excluding carboxylic acids is 1. The molecule has 0 saturated heterocycles. The SMILES string of the molecule is Cc1cccc2nc(CNC(=O)NCCC(O)c3ccccc3)cn12. The van der Waals surface area contributed by atoms with Crippen LogP contribution in [0.15, 0.2) is 54.7 Å². The van der Waals surface area contributed by atoms with Crippen molar-refractivity contribution in [3.63, 3.8) is 0 Å². The predicted octanol–water partition coefficient (Wildman–Crippen LogP) is 2.57. The van der Waals surface area contributed by atoms with E-state index in [4.69, 9.17) is 0 Å². The number of aryl methyl sites for hydroxylation is 1. The van der Waals surface area contributed by atoms with Crippen LogP contribution in [0.4, 0.5) is 4.79 Å². The number of aliphatic hydroxyl groups excluding tert-OH is 1. The number of hydrogen-bond acceptors (Lipinski definition) is 3. The fourth-order valence-corrected chi connectivity index (χ4v) is 2.68. The largest absolute Gasteiger partial charge is 0.388 e. The van der Waals surface area contributed by atoms with Crippen LogP contribution in [-0.4, -0.2) is 27.1 Å². The molecule has 3 rings (SSSR count). The molecule has 0 aliphatic heterocycles. The number of benzene rings is 1. The molecule has 1 atom stereocenters. The number of aromatic nitrogens is 2. The maximum absolute atomic E-state index is 11.9. The van der Waals surface area contributed by atoms with Crippen LogP contribution in [0.25, 0.3) is 5.65 Å². The predicted molar refractivity (Wildman–Crippen MR) is 96.2 cm³/mol. The van der Waals surface area contributed by atoms with Gasteiger partial charge in [-0.25, -0.2) is 9.78 Å². The van der Waals surface area contributed by atoms with Crippen LogP contribution >= 0.6 is 0 Å². The minimum Gasteiger partial charge on any atom is -0.388 e. The Morgan fingerprint density at radius 3 is 2.72 bits per heavy atom. The summed E-state index contributed by atoms with van der Waals surface area (Å²) in [5, 5.41) is 15.6. The second kappa shape index (κ2) is 7.81. The average Bonchev–Trinajstić information content (AvgIpc) is 3.05. The molecule has 0 aliphatic rings. The normalized spacial score (nSPS) is 12.1. The first kappa shape index (κ1) is 17.0. The third-order valence-corrected chi connectivity index (χ3v) is 4.06. The quantitative estimate of drug-likeness (QED) is 0.646. The Morgan fingerprint density at radius 2 is 1.96 bits per heavy atom. The Balaban J connectivity index is 1.44. The Hall–Kier alpha value is -2.86. The summed E-state index contributed by atoms with van der Waals surface area (Å²) < 4.78 is 1.99. The fourth-order valence-electron chi connectivity index (χ4n) is 2.68. The summed E-state index contributed by atoms with van der Waals surface area (Å²) in [4.78, 5) is 16.4. The lowest BCUT2D eigenvalue weighted by molar-refractivity contribution is 0.167. The molecule has 2 amide bonds. The number of imidazole rings is 1. The number of fused-ring (bicyclic) bond motifs is 1. The zero-order valence-electron chi connectivity index (χ0n) is 14.1. The highest BCUT2D eigenvalue weighted by atomic mass is 16.3. The topological polar surface area (TPSA) is 78.7 Å². The highest BCUT2D eigenvalue weighted by Crippen LogP contribution is 2.14. The standard InChI is InChI=1S/C19H22N4O2/c1-14-6-5-9-18-22-16(13-23(14)18)12-21-19(25)20-11-10-17(24)15-7-3-2-4-8-15/h2-9,13,17,24H,10-12H2,1H3,(H2,20,21,25). The minimum absolute atomic E-state index is 0.269. The van der Waals surface area contributed by atoms with E-state index in [1.54, 1.807) is 0 Å². The zero-order chi connectivity index (χ0) is 17.6. The van der Waals surface area contributed by atoms with E-state index < -0.39 is 6.10 Å². The van der Waals surface area contributed by atoms with Crippen LogP contribution < -0.4 is 10.6 Å². The summed E-state index contributed by atoms with van der Waals surface area (Å²) >= 11 is 0. The second-order valence-electron chi connectivity index (χ2n) is 5.95. The Morgan fingerprint density at radius 1 is 1.16 bits per heavy atom. The van der Waals surface area contributed by atoms with Crippen LogP contribution in [0, 0.1) is 6.92 Å². The minimum atomic E-state index is -0.581. The van der Waals surface area contributed by atoms with Gasteiger partial charge in [-0.3, -0.25) is 0 Å². The van der Waals surface area contributed by atoms with Crippen LogP contribution in [-0.2, 0) is 6.54 Å². The number of rotatable bonds is 6. The van der Waals surface area contributed by atoms with Gasteiger partial charge in [-0.1, -0.05) is 36.4 Å². The van der Waals surface area contributed by atoms with Gasteiger partial charge < -0.3 is 20.1 Å². The molecule has 6 nitrogen and oxygen atoms in total. The first-order chi connectivity index (χ1) is 12.1. The Bertz CT molecular complexity index is 845. The average molecular weight is 338 g/mol. The van der Waals surface area contributed by atoms with Crippen LogP contribution in [0.2, 0.25) is 0 Å². The number of amides is 2. The molecule has 0 saturated carbocycles. The number of aliphatic hydroxyl groups is 1. The van der Waals surface area contributed by atoms with E-state index >= 15 is 0 Å². The summed E-state index contributed by atoms with van der Waals surface area (Å²) in [5.74, 6) is 0. The second-order valence-corrected chi connectivity index (χ2v) is 5.95. The van der Waals surface area contributed by atoms with Gasteiger partial charge in [-0.05, 0) is 31.0 Å². The summed E-state index contributed by atoms with van der Waals surface area (Å²) in [6.45, 7) is 2.76. The molecule has 1 unspecified atom stereocenters. The van der Waals surface area contributed by atoms with E-state index in [1.807, 2.05) is 66.1 Å². The van der Waals surface area contributed by atoms with Gasteiger partial charge >= 0.3 is 6.03 Å². The van der Waals surface area contributed by atoms with Crippen molar-refractivity contribution in [1.82, 2.24) is 20.0 Å². The summed E-state index contributed by atoms with van der Waals surface area (Å²) in [5.41, 5.74) is 3.61. The van der Waals surface area contributed by atoms with E-state index in [9.17, 15) is 9.90 Å². The molecular weight excluding hydrogens is 316 g/mol. The van der Waals surface area contributed by atoms with E-state index in [2.05, 4.69) is 15.6 Å². The first-order valence-electron chi connectivity index (χ1n) is 8.32. The first-order valence-corrected chi connectivity index (χ1v) is 8.32. The smallest absolute Gasteiger partial charge is 0.315 e. The van der Waals surface area contributed by atoms with Crippen molar-refractivity contribution in [3.8, 4) is 0 Å². The third kappa shape index (κ3) is 4.36. The molecule has 3 aromatic rings. The van der Waals surface area contributed by atoms with Gasteiger partial charge in [0.05, 0.1) is 18.3 Å². The van der Waals surface area contributed by atoms with E-state index in [1.165, 1.54) is 0 Å². The highest BCUT2D eigenvalue weighted by molar-refractivity contribution is 5.73. The maximum Gasteiger partial charge on any atom is 0.315 e. The molecule has 0 bridgehead atoms. The number of nitrogens with zero attached hydrogens (tertiary/aromatic N) is 2. The summed E-state index contributed by atoms with van der Waals surface area (Å²) in [6.07, 6.45) is 1.80. The summed E-state index contributed by atoms with van der Waals surface area (Å²) in [7, 11) is 0. The molecule has 2 heterocycles. The van der Waals surface area contributed by atoms with E-state index in [0.717, 1.165) is 22.6 Å². The molecule has 25 heavy (non-hydrogen) atoms. The number of carbonyl (C=O) groups is 1. The molecule has 130 valence electrons. The van der Waals surface area contributed by atoms with Gasteiger partial charge in [0.15, 0.2) is 0 Å². The van der Waals surface area contributed by atoms with Crippen molar-refractivity contribution in [1.29, 1.82) is 0 Å². The Kier molecular flexibility index (Phi) is 5.30. The lowest BCUT2D eigenvalue weighted by atomic mass is 10.1. The van der Waals surface area contributed by atoms with Gasteiger partial charge in [0.1, 0.15) is 5.65 Å². The lowest BCUT2D eigenvalue weighted by Gasteiger charge is -2.11. The molecule has 3 N–H and O–H groups in total. The van der Waals surface area contributed by atoms with Gasteiger partial charge in [0.2, 0.25) is 0 Å². The number of hydrogen-bond donors (Lipinski definition) is 3. The lowest BCUT2D eigenvalue weighted by Crippen LogP contribution is -2.36. The monoisotopic (exact) mass is 338 g/mol. The maximum atomic E-state index is 11.9. The molecule has 6 heteroatoms. The molecular formula is C19H22N4O2. The number of urea groups is 1. The van der Waals surface area contributed by atoms with E-state index in [0.29, 0.717) is 19.5 Å². The molecule has 0 aliphatic carbocycles. The highest BCUT2D eigenvalue weighted by Gasteiger charge is 2.08. The van der Waals surface area contributed by atoms with Crippen LogP contribution in [0.5, 0.6) is 0 Å². The van der Waals surface area contributed by atoms with Crippen LogP contribution in [0.1, 0.15) is 29.5 Å². The molecule has 0 radical (unpaired) electrons. The molecule has 0 spiro atoms. The zero-order valence-corrected chi connectivity index (χ0v) is 14.1. The van der Waals surface area contributed by atoms with Crippen molar-refractivity contribution in [2.45, 2.75) is 26.0 Å². The van der Waals surface area contributed by atoms with E-state index in [-0.39, 0.29) is 6.03 Å². The third-order valence-electron chi connectivity index (χ3n) is 4.06. The van der Waals surface area contributed by atoms with Gasteiger partial charge in [0.25, 0.3) is 0 Å². The van der Waals surface area contributed by atoms with Gasteiger partial charge in [-0.15, -0.1) is 0 Å². The number of pyridine rings is 1. The van der Waals surface area contributed by atoms with Crippen molar-refractivity contribution < 1.29 is 9.90 Å². The molecule has 0 fully saturated rings. The van der Waals surface area contributed by atoms with Gasteiger partial charge in [-0.2, -0.15) is 0 Å². The van der Waals surface area contributed by atoms with Crippen molar-refractivity contribution in [2.24, 2.45) is 0 Å². The van der Waals surface area contributed by atoms with Crippen molar-refractivity contribution >= 4 is 11.7 Å². The molecule has 1 aromatic carbocycles. The summed E-state index contributed by atoms with van der Waals surface area (Å²) in [6, 6.07) is 15.0. The fraction of sp³-hybridized carbons (Fsp3) is 0.263. The van der Waals surface area contributed by atoms with Gasteiger partial charge in [0, 0.05) is 18.4 Å². The number of nitrogens with one attached hydrogen (secondary N) is 2.